The van der Waals surface area contributed by atoms with Crippen LogP contribution in [0.2, 0.25) is 0 Å². The summed E-state index contributed by atoms with van der Waals surface area (Å²) in [6.45, 7) is 3.63. The summed E-state index contributed by atoms with van der Waals surface area (Å²) < 4.78 is 10.9. The largest absolute Gasteiger partial charge is 0.481 e. The number of rotatable bonds is 6. The Hall–Kier alpha value is -1.33. The van der Waals surface area contributed by atoms with E-state index in [-0.39, 0.29) is 0 Å². The predicted molar refractivity (Wildman–Crippen MR) is 90.6 cm³/mol. The first kappa shape index (κ1) is 17.5. The van der Waals surface area contributed by atoms with Gasteiger partial charge < -0.3 is 14.3 Å². The number of carbonyl (C=O) groups is 1. The molecule has 1 aliphatic heterocycles. The van der Waals surface area contributed by atoms with Crippen molar-refractivity contribution in [3.8, 4) is 0 Å². The molecule has 0 radical (unpaired) electrons. The van der Waals surface area contributed by atoms with Gasteiger partial charge in [-0.15, -0.1) is 0 Å². The van der Waals surface area contributed by atoms with Crippen molar-refractivity contribution in [1.82, 2.24) is 4.90 Å². The second kappa shape index (κ2) is 7.70. The highest BCUT2D eigenvalue weighted by atomic mass is 16.5. The average molecular weight is 335 g/mol. The number of carboxylic acids is 1. The second-order valence-corrected chi connectivity index (χ2v) is 7.62. The number of hydrogen-bond acceptors (Lipinski definition) is 4. The minimum Gasteiger partial charge on any atom is -0.481 e. The zero-order chi connectivity index (χ0) is 17.0. The first-order valence-corrected chi connectivity index (χ1v) is 9.09. The molecular formula is C19H29NO4. The summed E-state index contributed by atoms with van der Waals surface area (Å²) in [6.07, 6.45) is 7.41. The van der Waals surface area contributed by atoms with Gasteiger partial charge in [0.25, 0.3) is 0 Å². The van der Waals surface area contributed by atoms with Gasteiger partial charge in [0.1, 0.15) is 18.1 Å². The quantitative estimate of drug-likeness (QED) is 0.859. The maximum Gasteiger partial charge on any atom is 0.303 e. The molecular weight excluding hydrogens is 306 g/mol. The number of piperidine rings is 1. The first-order valence-electron chi connectivity index (χ1n) is 9.09. The van der Waals surface area contributed by atoms with E-state index in [0.29, 0.717) is 24.4 Å². The minimum atomic E-state index is -0.642. The molecule has 5 nitrogen and oxygen atoms in total. The summed E-state index contributed by atoms with van der Waals surface area (Å²) in [5, 5.41) is 8.95. The van der Waals surface area contributed by atoms with Crippen LogP contribution in [-0.4, -0.2) is 36.2 Å². The number of furan rings is 1. The SMILES string of the molecule is COCc1ccc(CN2CCC3(CCC(CC(=O)O)CC3)CC2)o1. The van der Waals surface area contributed by atoms with Gasteiger partial charge in [-0.25, -0.2) is 0 Å². The molecule has 0 aromatic carbocycles. The molecule has 1 aromatic heterocycles. The van der Waals surface area contributed by atoms with Gasteiger partial charge in [-0.2, -0.15) is 0 Å². The highest BCUT2D eigenvalue weighted by molar-refractivity contribution is 5.67. The molecule has 0 unspecified atom stereocenters. The van der Waals surface area contributed by atoms with Crippen LogP contribution in [-0.2, 0) is 22.7 Å². The van der Waals surface area contributed by atoms with Crippen LogP contribution >= 0.6 is 0 Å². The van der Waals surface area contributed by atoms with E-state index in [1.165, 1.54) is 25.7 Å². The summed E-state index contributed by atoms with van der Waals surface area (Å²) >= 11 is 0. The van der Waals surface area contributed by atoms with E-state index in [4.69, 9.17) is 14.3 Å². The molecule has 0 amide bonds. The van der Waals surface area contributed by atoms with Crippen molar-refractivity contribution < 1.29 is 19.1 Å². The Morgan fingerprint density at radius 1 is 1.25 bits per heavy atom. The van der Waals surface area contributed by atoms with Gasteiger partial charge in [0, 0.05) is 13.5 Å². The van der Waals surface area contributed by atoms with Gasteiger partial charge in [-0.05, 0) is 75.1 Å². The lowest BCUT2D eigenvalue weighted by molar-refractivity contribution is -0.138. The second-order valence-electron chi connectivity index (χ2n) is 7.62. The molecule has 1 spiro atoms. The summed E-state index contributed by atoms with van der Waals surface area (Å²) in [5.41, 5.74) is 0.468. The fourth-order valence-corrected chi connectivity index (χ4v) is 4.37. The zero-order valence-electron chi connectivity index (χ0n) is 14.6. The van der Waals surface area contributed by atoms with Crippen LogP contribution < -0.4 is 0 Å². The number of hydrogen-bond donors (Lipinski definition) is 1. The number of aliphatic carboxylic acids is 1. The molecule has 2 aliphatic rings. The van der Waals surface area contributed by atoms with E-state index in [1.54, 1.807) is 7.11 Å². The molecule has 1 saturated heterocycles. The van der Waals surface area contributed by atoms with Crippen LogP contribution in [0.5, 0.6) is 0 Å². The molecule has 0 atom stereocenters. The third-order valence-electron chi connectivity index (χ3n) is 5.93. The Morgan fingerprint density at radius 2 is 1.92 bits per heavy atom. The highest BCUT2D eigenvalue weighted by Gasteiger charge is 2.38. The molecule has 0 bridgehead atoms. The summed E-state index contributed by atoms with van der Waals surface area (Å²) in [4.78, 5) is 13.3. The van der Waals surface area contributed by atoms with Crippen LogP contribution in [0.4, 0.5) is 0 Å². The van der Waals surface area contributed by atoms with E-state index in [1.807, 2.05) is 6.07 Å². The van der Waals surface area contributed by atoms with E-state index in [9.17, 15) is 4.79 Å². The third kappa shape index (κ3) is 4.39. The van der Waals surface area contributed by atoms with Gasteiger partial charge >= 0.3 is 5.97 Å². The smallest absolute Gasteiger partial charge is 0.303 e. The highest BCUT2D eigenvalue weighted by Crippen LogP contribution is 2.47. The Morgan fingerprint density at radius 3 is 2.54 bits per heavy atom. The molecule has 1 saturated carbocycles. The van der Waals surface area contributed by atoms with Gasteiger partial charge in [0.15, 0.2) is 0 Å². The van der Waals surface area contributed by atoms with E-state index in [2.05, 4.69) is 11.0 Å². The van der Waals surface area contributed by atoms with Crippen molar-refractivity contribution in [2.45, 2.75) is 58.1 Å². The van der Waals surface area contributed by atoms with Gasteiger partial charge in [0.2, 0.25) is 0 Å². The Bertz CT molecular complexity index is 535. The van der Waals surface area contributed by atoms with E-state index in [0.717, 1.165) is 44.0 Å². The number of methoxy groups -OCH3 is 1. The van der Waals surface area contributed by atoms with E-state index >= 15 is 0 Å². The number of ether oxygens (including phenoxy) is 1. The van der Waals surface area contributed by atoms with Crippen molar-refractivity contribution in [2.75, 3.05) is 20.2 Å². The fraction of sp³-hybridized carbons (Fsp3) is 0.737. The zero-order valence-corrected chi connectivity index (χ0v) is 14.6. The Balaban J connectivity index is 1.45. The maximum absolute atomic E-state index is 10.9. The lowest BCUT2D eigenvalue weighted by Crippen LogP contribution is -2.41. The Labute approximate surface area is 144 Å². The van der Waals surface area contributed by atoms with Crippen LogP contribution in [0.3, 0.4) is 0 Å². The van der Waals surface area contributed by atoms with Crippen molar-refractivity contribution in [3.63, 3.8) is 0 Å². The molecule has 5 heteroatoms. The van der Waals surface area contributed by atoms with Crippen LogP contribution in [0, 0.1) is 11.3 Å². The third-order valence-corrected chi connectivity index (χ3v) is 5.93. The minimum absolute atomic E-state index is 0.352. The molecule has 1 aliphatic carbocycles. The molecule has 2 heterocycles. The molecule has 1 aromatic rings. The van der Waals surface area contributed by atoms with Crippen LogP contribution in [0.25, 0.3) is 0 Å². The summed E-state index contributed by atoms with van der Waals surface area (Å²) in [7, 11) is 1.68. The molecule has 2 fully saturated rings. The number of nitrogens with zero attached hydrogens (tertiary/aromatic N) is 1. The van der Waals surface area contributed by atoms with Crippen molar-refractivity contribution >= 4 is 5.97 Å². The summed E-state index contributed by atoms with van der Waals surface area (Å²) in [5.74, 6) is 1.66. The molecule has 3 rings (SSSR count). The Kier molecular flexibility index (Phi) is 5.61. The standard InChI is InChI=1S/C19H29NO4/c1-23-14-17-3-2-16(24-17)13-20-10-8-19(9-11-20)6-4-15(5-7-19)12-18(21)22/h2-3,15H,4-14H2,1H3,(H,21,22). The molecule has 24 heavy (non-hydrogen) atoms. The van der Waals surface area contributed by atoms with E-state index < -0.39 is 5.97 Å². The maximum atomic E-state index is 10.9. The topological polar surface area (TPSA) is 62.9 Å². The lowest BCUT2D eigenvalue weighted by atomic mass is 9.65. The van der Waals surface area contributed by atoms with Gasteiger partial charge in [-0.3, -0.25) is 9.69 Å². The average Bonchev–Trinajstić information content (AvgIpc) is 2.99. The van der Waals surface area contributed by atoms with Gasteiger partial charge in [-0.1, -0.05) is 0 Å². The fourth-order valence-electron chi connectivity index (χ4n) is 4.37. The van der Waals surface area contributed by atoms with Crippen LogP contribution in [0.1, 0.15) is 56.5 Å². The van der Waals surface area contributed by atoms with Crippen molar-refractivity contribution in [2.24, 2.45) is 11.3 Å². The monoisotopic (exact) mass is 335 g/mol. The first-order chi connectivity index (χ1) is 11.6. The number of likely N-dealkylation sites (tertiary alicyclic amines) is 1. The van der Waals surface area contributed by atoms with Crippen molar-refractivity contribution in [3.05, 3.63) is 23.7 Å². The normalized spacial score (nSPS) is 22.0. The predicted octanol–water partition coefficient (Wildman–Crippen LogP) is 3.67. The lowest BCUT2D eigenvalue weighted by Gasteiger charge is -2.45. The van der Waals surface area contributed by atoms with Crippen LogP contribution in [0.15, 0.2) is 16.5 Å². The molecule has 1 N–H and O–H groups in total. The van der Waals surface area contributed by atoms with Gasteiger partial charge in [0.05, 0.1) is 6.54 Å². The van der Waals surface area contributed by atoms with Crippen molar-refractivity contribution in [1.29, 1.82) is 0 Å². The molecule has 134 valence electrons. The summed E-state index contributed by atoms with van der Waals surface area (Å²) in [6, 6.07) is 4.05. The number of carboxylic acid groups (broad SMARTS) is 1.